The molecule has 0 spiro atoms. The number of benzene rings is 1. The van der Waals surface area contributed by atoms with Crippen LogP contribution in [0, 0.1) is 0 Å². The Morgan fingerprint density at radius 2 is 2.12 bits per heavy atom. The molecule has 3 heterocycles. The van der Waals surface area contributed by atoms with Crippen molar-refractivity contribution in [2.24, 2.45) is 0 Å². The first-order valence-electron chi connectivity index (χ1n) is 5.30. The van der Waals surface area contributed by atoms with Crippen molar-refractivity contribution in [3.8, 4) is 0 Å². The maximum absolute atomic E-state index is 11.9. The highest BCUT2D eigenvalue weighted by atomic mass is 16.5. The molecular weight excluding hydrogens is 206 g/mol. The third kappa shape index (κ3) is 1.27. The van der Waals surface area contributed by atoms with E-state index >= 15 is 0 Å². The first-order chi connectivity index (χ1) is 7.79. The van der Waals surface area contributed by atoms with E-state index in [0.717, 1.165) is 12.7 Å². The first-order valence-corrected chi connectivity index (χ1v) is 5.30. The van der Waals surface area contributed by atoms with Gasteiger partial charge >= 0.3 is 0 Å². The van der Waals surface area contributed by atoms with Gasteiger partial charge in [-0.05, 0) is 12.1 Å². The number of carbonyl (C=O) groups is 2. The average Bonchev–Trinajstić information content (AvgIpc) is 2.28. The molecule has 0 N–H and O–H groups in total. The molecule has 1 aromatic carbocycles. The highest BCUT2D eigenvalue weighted by molar-refractivity contribution is 6.02. The van der Waals surface area contributed by atoms with Crippen molar-refractivity contribution in [2.45, 2.75) is 18.6 Å². The van der Waals surface area contributed by atoms with Crippen LogP contribution in [-0.4, -0.2) is 30.9 Å². The Kier molecular flexibility index (Phi) is 2.04. The molecule has 2 bridgehead atoms. The minimum atomic E-state index is -0.293. The van der Waals surface area contributed by atoms with E-state index in [2.05, 4.69) is 0 Å². The van der Waals surface area contributed by atoms with Crippen molar-refractivity contribution in [2.75, 3.05) is 11.4 Å². The van der Waals surface area contributed by atoms with Crippen molar-refractivity contribution in [1.82, 2.24) is 0 Å². The second-order valence-electron chi connectivity index (χ2n) is 4.11. The van der Waals surface area contributed by atoms with Crippen LogP contribution in [0.1, 0.15) is 16.8 Å². The van der Waals surface area contributed by atoms with E-state index in [1.54, 1.807) is 23.1 Å². The average molecular weight is 217 g/mol. The molecule has 0 saturated carbocycles. The zero-order valence-electron chi connectivity index (χ0n) is 8.63. The van der Waals surface area contributed by atoms with E-state index in [1.807, 2.05) is 6.07 Å². The number of para-hydroxylation sites is 1. The third-order valence-corrected chi connectivity index (χ3v) is 3.12. The summed E-state index contributed by atoms with van der Waals surface area (Å²) in [5.74, 6) is -0.0307. The lowest BCUT2D eigenvalue weighted by Gasteiger charge is -2.46. The molecule has 82 valence electrons. The van der Waals surface area contributed by atoms with Crippen molar-refractivity contribution in [3.63, 3.8) is 0 Å². The zero-order valence-corrected chi connectivity index (χ0v) is 8.63. The monoisotopic (exact) mass is 217 g/mol. The van der Waals surface area contributed by atoms with E-state index in [0.29, 0.717) is 17.8 Å². The van der Waals surface area contributed by atoms with E-state index in [1.165, 1.54) is 0 Å². The number of rotatable bonds is 2. The lowest BCUT2D eigenvalue weighted by molar-refractivity contribution is -0.169. The van der Waals surface area contributed by atoms with Crippen LogP contribution in [0.5, 0.6) is 0 Å². The lowest BCUT2D eigenvalue weighted by Crippen LogP contribution is -2.61. The number of nitrogens with zero attached hydrogens (tertiary/aromatic N) is 1. The molecule has 2 atom stereocenters. The lowest BCUT2D eigenvalue weighted by atomic mass is 9.96. The largest absolute Gasteiger partial charge is 0.363 e. The van der Waals surface area contributed by atoms with Gasteiger partial charge in [-0.2, -0.15) is 0 Å². The summed E-state index contributed by atoms with van der Waals surface area (Å²) in [7, 11) is 0. The topological polar surface area (TPSA) is 46.6 Å². The van der Waals surface area contributed by atoms with Gasteiger partial charge in [-0.1, -0.05) is 12.1 Å². The number of aldehydes is 1. The van der Waals surface area contributed by atoms with Crippen molar-refractivity contribution in [1.29, 1.82) is 0 Å². The fourth-order valence-corrected chi connectivity index (χ4v) is 2.25. The molecule has 0 aromatic heterocycles. The molecule has 3 saturated heterocycles. The van der Waals surface area contributed by atoms with Gasteiger partial charge in [-0.15, -0.1) is 0 Å². The number of fused-ring (bicyclic) bond motifs is 2. The molecule has 4 heteroatoms. The van der Waals surface area contributed by atoms with Gasteiger partial charge in [0.2, 0.25) is 0 Å². The van der Waals surface area contributed by atoms with Gasteiger partial charge in [0.1, 0.15) is 6.10 Å². The summed E-state index contributed by atoms with van der Waals surface area (Å²) >= 11 is 0. The summed E-state index contributed by atoms with van der Waals surface area (Å²) in [5, 5.41) is 0. The van der Waals surface area contributed by atoms with Gasteiger partial charge in [-0.25, -0.2) is 0 Å². The Balaban J connectivity index is 1.97. The number of hydrogen-bond donors (Lipinski definition) is 0. The second kappa shape index (κ2) is 3.42. The Hall–Kier alpha value is -1.68. The highest BCUT2D eigenvalue weighted by Crippen LogP contribution is 2.33. The summed E-state index contributed by atoms with van der Waals surface area (Å²) in [4.78, 5) is 24.5. The molecule has 1 aromatic rings. The molecule has 1 amide bonds. The molecule has 3 fully saturated rings. The second-order valence-corrected chi connectivity index (χ2v) is 4.11. The van der Waals surface area contributed by atoms with Crippen LogP contribution in [0.15, 0.2) is 24.3 Å². The Morgan fingerprint density at radius 3 is 2.81 bits per heavy atom. The summed E-state index contributed by atoms with van der Waals surface area (Å²) in [6, 6.07) is 7.14. The van der Waals surface area contributed by atoms with Crippen LogP contribution in [0.3, 0.4) is 0 Å². The summed E-state index contributed by atoms with van der Waals surface area (Å²) in [5.41, 5.74) is 1.25. The van der Waals surface area contributed by atoms with Gasteiger partial charge in [0.05, 0.1) is 18.3 Å². The number of hydrogen-bond acceptors (Lipinski definition) is 3. The summed E-state index contributed by atoms with van der Waals surface area (Å²) in [6.07, 6.45) is 1.45. The van der Waals surface area contributed by atoms with Crippen LogP contribution in [0.2, 0.25) is 0 Å². The number of morpholine rings is 1. The highest BCUT2D eigenvalue weighted by Gasteiger charge is 2.45. The third-order valence-electron chi connectivity index (χ3n) is 3.12. The molecule has 4 nitrogen and oxygen atoms in total. The van der Waals surface area contributed by atoms with Crippen LogP contribution in [-0.2, 0) is 9.53 Å². The van der Waals surface area contributed by atoms with E-state index in [4.69, 9.17) is 4.74 Å². The Morgan fingerprint density at radius 1 is 1.38 bits per heavy atom. The smallest absolute Gasteiger partial charge is 0.256 e. The minimum absolute atomic E-state index is 0.0307. The summed E-state index contributed by atoms with van der Waals surface area (Å²) in [6.45, 7) is 0.556. The molecule has 3 aliphatic heterocycles. The summed E-state index contributed by atoms with van der Waals surface area (Å²) < 4.78 is 5.33. The molecular formula is C12H11NO3. The standard InChI is InChI=1S/C12H11NO3/c14-7-8-3-1-2-4-10(8)13-6-9-5-11(16-9)12(13)15/h1-4,7,9,11H,5-6H2. The molecule has 0 radical (unpaired) electrons. The van der Waals surface area contributed by atoms with Gasteiger partial charge in [-0.3, -0.25) is 9.59 Å². The van der Waals surface area contributed by atoms with Gasteiger partial charge in [0.25, 0.3) is 5.91 Å². The molecule has 2 unspecified atom stereocenters. The van der Waals surface area contributed by atoms with Gasteiger partial charge in [0.15, 0.2) is 6.29 Å². The Labute approximate surface area is 92.8 Å². The van der Waals surface area contributed by atoms with Gasteiger partial charge in [0, 0.05) is 12.0 Å². The predicted octanol–water partition coefficient (Wildman–Crippen LogP) is 1.00. The molecule has 4 rings (SSSR count). The first kappa shape index (κ1) is 9.54. The van der Waals surface area contributed by atoms with E-state index < -0.39 is 0 Å². The molecule has 3 aliphatic rings. The SMILES string of the molecule is O=Cc1ccccc1N1CC2CC(O2)C1=O. The number of piperidine rings is 1. The zero-order chi connectivity index (χ0) is 11.1. The number of amides is 1. The number of carbonyl (C=O) groups excluding carboxylic acids is 2. The van der Waals surface area contributed by atoms with Crippen molar-refractivity contribution in [3.05, 3.63) is 29.8 Å². The number of ether oxygens (including phenoxy) is 1. The van der Waals surface area contributed by atoms with Crippen LogP contribution >= 0.6 is 0 Å². The normalized spacial score (nSPS) is 27.5. The van der Waals surface area contributed by atoms with Crippen LogP contribution in [0.25, 0.3) is 0 Å². The number of anilines is 1. The minimum Gasteiger partial charge on any atom is -0.363 e. The van der Waals surface area contributed by atoms with Crippen LogP contribution < -0.4 is 4.90 Å². The van der Waals surface area contributed by atoms with Crippen LogP contribution in [0.4, 0.5) is 5.69 Å². The maximum Gasteiger partial charge on any atom is 0.256 e. The molecule has 16 heavy (non-hydrogen) atoms. The quantitative estimate of drug-likeness (QED) is 0.694. The van der Waals surface area contributed by atoms with Gasteiger partial charge < -0.3 is 9.64 Å². The molecule has 0 aliphatic carbocycles. The maximum atomic E-state index is 11.9. The predicted molar refractivity (Wildman–Crippen MR) is 57.5 cm³/mol. The fraction of sp³-hybridized carbons (Fsp3) is 0.333. The fourth-order valence-electron chi connectivity index (χ4n) is 2.25. The van der Waals surface area contributed by atoms with E-state index in [-0.39, 0.29) is 18.1 Å². The Bertz CT molecular complexity index is 451. The van der Waals surface area contributed by atoms with Crippen molar-refractivity contribution >= 4 is 17.9 Å². The van der Waals surface area contributed by atoms with E-state index in [9.17, 15) is 9.59 Å². The van der Waals surface area contributed by atoms with Crippen molar-refractivity contribution < 1.29 is 14.3 Å².